The quantitative estimate of drug-likeness (QED) is 0.0582. The van der Waals surface area contributed by atoms with E-state index in [0.29, 0.717) is 39.5 Å². The molecule has 4 rings (SSSR count). The van der Waals surface area contributed by atoms with Crippen LogP contribution in [0.4, 0.5) is 0 Å². The summed E-state index contributed by atoms with van der Waals surface area (Å²) in [5.41, 5.74) is 5.59. The molecule has 232 valence electrons. The summed E-state index contributed by atoms with van der Waals surface area (Å²) in [6.07, 6.45) is 8.85. The molecule has 0 spiro atoms. The van der Waals surface area contributed by atoms with Gasteiger partial charge in [0.05, 0.1) is 0 Å². The molecule has 0 amide bonds. The Morgan fingerprint density at radius 1 is 0.574 bits per heavy atom. The molecule has 0 heterocycles. The molecule has 0 aromatic heterocycles. The second kappa shape index (κ2) is 16.0. The van der Waals surface area contributed by atoms with Crippen molar-refractivity contribution in [2.24, 2.45) is 0 Å². The van der Waals surface area contributed by atoms with Crippen molar-refractivity contribution in [2.75, 3.05) is 0 Å². The van der Waals surface area contributed by atoms with Gasteiger partial charge in [-0.2, -0.15) is 0 Å². The number of carbonyl (C=O) groups excluding carboxylic acids is 3. The van der Waals surface area contributed by atoms with Gasteiger partial charge in [-0.3, -0.25) is 0 Å². The Hall–Kier alpha value is -6.45. The Kier molecular flexibility index (Phi) is 11.4. The number of esters is 3. The Morgan fingerprint density at radius 2 is 1.02 bits per heavy atom. The molecular weight excluding hydrogens is 588 g/mol. The van der Waals surface area contributed by atoms with Crippen molar-refractivity contribution in [1.29, 1.82) is 0 Å². The number of carbonyl (C=O) groups is 3. The maximum Gasteiger partial charge on any atom is 0.338 e. The van der Waals surface area contributed by atoms with Gasteiger partial charge in [-0.1, -0.05) is 92.3 Å². The second-order valence-corrected chi connectivity index (χ2v) is 10.4. The maximum absolute atomic E-state index is 12.4. The summed E-state index contributed by atoms with van der Waals surface area (Å²) in [5, 5.41) is 0. The number of hydrogen-bond acceptors (Lipinski definition) is 6. The highest BCUT2D eigenvalue weighted by Gasteiger charge is 2.10. The van der Waals surface area contributed by atoms with Crippen LogP contribution in [0.5, 0.6) is 17.2 Å². The van der Waals surface area contributed by atoms with E-state index in [2.05, 4.69) is 31.6 Å². The van der Waals surface area contributed by atoms with Gasteiger partial charge in [-0.05, 0) is 85.1 Å². The number of ether oxygens (including phenoxy) is 3. The monoisotopic (exact) mass is 620 g/mol. The van der Waals surface area contributed by atoms with Crippen molar-refractivity contribution in [3.63, 3.8) is 0 Å². The third-order valence-corrected chi connectivity index (χ3v) is 6.45. The molecule has 0 saturated carbocycles. The van der Waals surface area contributed by atoms with E-state index in [1.807, 2.05) is 72.8 Å². The van der Waals surface area contributed by atoms with Crippen LogP contribution in [0.25, 0.3) is 24.3 Å². The minimum atomic E-state index is -0.537. The van der Waals surface area contributed by atoms with E-state index in [1.54, 1.807) is 56.3 Å². The van der Waals surface area contributed by atoms with E-state index in [4.69, 9.17) is 14.2 Å². The summed E-state index contributed by atoms with van der Waals surface area (Å²) in [7, 11) is 0. The topological polar surface area (TPSA) is 78.9 Å². The molecule has 0 atom stereocenters. The van der Waals surface area contributed by atoms with Crippen LogP contribution in [0.15, 0.2) is 128 Å². The zero-order valence-electron chi connectivity index (χ0n) is 26.1. The zero-order chi connectivity index (χ0) is 33.8. The van der Waals surface area contributed by atoms with Crippen LogP contribution in [0.1, 0.15) is 47.2 Å². The van der Waals surface area contributed by atoms with Gasteiger partial charge in [0.15, 0.2) is 0 Å². The summed E-state index contributed by atoms with van der Waals surface area (Å²) in [6, 6.07) is 27.3. The van der Waals surface area contributed by atoms with E-state index < -0.39 is 17.9 Å². The molecule has 6 nitrogen and oxygen atoms in total. The zero-order valence-corrected chi connectivity index (χ0v) is 26.1. The van der Waals surface area contributed by atoms with Gasteiger partial charge in [0.1, 0.15) is 17.2 Å². The first-order valence-corrected chi connectivity index (χ1v) is 14.5. The Balaban J connectivity index is 1.46. The minimum absolute atomic E-state index is 0.277. The SMILES string of the molecule is C=CC(=O)Oc1ccc(C#Cc2ccc(/C=C/c3ccc(/C=C/c4ccc(OC(=O)C(=C)C)cc4)cc3)c(OC(=O)C(=C)C)c2)cc1. The van der Waals surface area contributed by atoms with Gasteiger partial charge in [0, 0.05) is 33.9 Å². The van der Waals surface area contributed by atoms with Gasteiger partial charge >= 0.3 is 17.9 Å². The van der Waals surface area contributed by atoms with E-state index in [-0.39, 0.29) is 5.57 Å². The molecule has 0 N–H and O–H groups in total. The normalized spacial score (nSPS) is 10.5. The molecular formula is C41H32O6. The average molecular weight is 621 g/mol. The predicted octanol–water partition coefficient (Wildman–Crippen LogP) is 8.48. The fourth-order valence-electron chi connectivity index (χ4n) is 3.87. The Bertz CT molecular complexity index is 1950. The summed E-state index contributed by atoms with van der Waals surface area (Å²) in [5.74, 6) is 5.82. The lowest BCUT2D eigenvalue weighted by molar-refractivity contribution is -0.130. The van der Waals surface area contributed by atoms with Crippen LogP contribution in [0, 0.1) is 11.8 Å². The Labute approximate surface area is 274 Å². The first-order chi connectivity index (χ1) is 22.6. The molecule has 0 aliphatic rings. The molecule has 0 aliphatic carbocycles. The number of benzene rings is 4. The average Bonchev–Trinajstić information content (AvgIpc) is 3.07. The molecule has 0 saturated heterocycles. The third-order valence-electron chi connectivity index (χ3n) is 6.45. The lowest BCUT2D eigenvalue weighted by Gasteiger charge is -2.08. The van der Waals surface area contributed by atoms with E-state index in [0.717, 1.165) is 22.8 Å². The van der Waals surface area contributed by atoms with Crippen molar-refractivity contribution in [3.8, 4) is 29.1 Å². The molecule has 47 heavy (non-hydrogen) atoms. The first kappa shape index (κ1) is 33.4. The van der Waals surface area contributed by atoms with Crippen LogP contribution < -0.4 is 14.2 Å². The van der Waals surface area contributed by atoms with Crippen LogP contribution in [0.2, 0.25) is 0 Å². The smallest absolute Gasteiger partial charge is 0.338 e. The van der Waals surface area contributed by atoms with Crippen molar-refractivity contribution < 1.29 is 28.6 Å². The van der Waals surface area contributed by atoms with Crippen molar-refractivity contribution in [2.45, 2.75) is 13.8 Å². The van der Waals surface area contributed by atoms with Crippen LogP contribution in [0.3, 0.4) is 0 Å². The summed E-state index contributed by atoms with van der Waals surface area (Å²) in [6.45, 7) is 13.8. The van der Waals surface area contributed by atoms with Gasteiger partial charge in [0.25, 0.3) is 0 Å². The molecule has 4 aromatic rings. The Morgan fingerprint density at radius 3 is 1.57 bits per heavy atom. The van der Waals surface area contributed by atoms with Crippen molar-refractivity contribution in [1.82, 2.24) is 0 Å². The highest BCUT2D eigenvalue weighted by atomic mass is 16.5. The van der Waals surface area contributed by atoms with Gasteiger partial charge < -0.3 is 14.2 Å². The van der Waals surface area contributed by atoms with Crippen LogP contribution in [-0.2, 0) is 14.4 Å². The molecule has 0 radical (unpaired) electrons. The standard InChI is InChI=1S/C41H32O6/c1-6-39(42)45-36-23-17-33(18-24-36)13-14-34-16-22-35(38(27-34)47-41(44)29(4)5)21-15-31-10-7-30(8-11-31)9-12-32-19-25-37(26-20-32)46-40(43)28(2)3/h6-12,15-27H,1-2,4H2,3,5H3/b12-9+,21-15+. The maximum atomic E-state index is 12.4. The van der Waals surface area contributed by atoms with E-state index >= 15 is 0 Å². The molecule has 6 heteroatoms. The van der Waals surface area contributed by atoms with Crippen molar-refractivity contribution in [3.05, 3.63) is 161 Å². The highest BCUT2D eigenvalue weighted by Crippen LogP contribution is 2.24. The fourth-order valence-corrected chi connectivity index (χ4v) is 3.87. The van der Waals surface area contributed by atoms with E-state index in [9.17, 15) is 14.4 Å². The summed E-state index contributed by atoms with van der Waals surface area (Å²) < 4.78 is 15.9. The van der Waals surface area contributed by atoms with Gasteiger partial charge in [0.2, 0.25) is 0 Å². The summed E-state index contributed by atoms with van der Waals surface area (Å²) >= 11 is 0. The molecule has 0 fully saturated rings. The molecule has 0 aliphatic heterocycles. The lowest BCUT2D eigenvalue weighted by atomic mass is 10.1. The number of hydrogen-bond donors (Lipinski definition) is 0. The van der Waals surface area contributed by atoms with E-state index in [1.165, 1.54) is 0 Å². The fraction of sp³-hybridized carbons (Fsp3) is 0.0488. The van der Waals surface area contributed by atoms with Gasteiger partial charge in [-0.25, -0.2) is 14.4 Å². The largest absolute Gasteiger partial charge is 0.423 e. The first-order valence-electron chi connectivity index (χ1n) is 14.5. The minimum Gasteiger partial charge on any atom is -0.423 e. The molecule has 4 aromatic carbocycles. The molecule has 0 bridgehead atoms. The highest BCUT2D eigenvalue weighted by molar-refractivity contribution is 5.90. The molecule has 0 unspecified atom stereocenters. The lowest BCUT2D eigenvalue weighted by Crippen LogP contribution is -2.09. The van der Waals surface area contributed by atoms with Crippen LogP contribution in [-0.4, -0.2) is 17.9 Å². The van der Waals surface area contributed by atoms with Gasteiger partial charge in [-0.15, -0.1) is 0 Å². The number of rotatable bonds is 10. The third kappa shape index (κ3) is 10.3. The predicted molar refractivity (Wildman–Crippen MR) is 186 cm³/mol. The second-order valence-electron chi connectivity index (χ2n) is 10.4. The summed E-state index contributed by atoms with van der Waals surface area (Å²) in [4.78, 5) is 35.5. The van der Waals surface area contributed by atoms with Crippen molar-refractivity contribution >= 4 is 42.2 Å². The van der Waals surface area contributed by atoms with Crippen LogP contribution >= 0.6 is 0 Å².